The van der Waals surface area contributed by atoms with Crippen molar-refractivity contribution in [3.63, 3.8) is 0 Å². The fourth-order valence-electron chi connectivity index (χ4n) is 2.87. The summed E-state index contributed by atoms with van der Waals surface area (Å²) in [5, 5.41) is 10.6. The number of ether oxygens (including phenoxy) is 1. The minimum absolute atomic E-state index is 0.296. The number of hydrogen-bond donors (Lipinski definition) is 3. The molecule has 3 rings (SSSR count). The van der Waals surface area contributed by atoms with Crippen LogP contribution in [0.4, 0.5) is 5.69 Å². The van der Waals surface area contributed by atoms with Gasteiger partial charge in [0.1, 0.15) is 5.75 Å². The molecule has 1 heterocycles. The quantitative estimate of drug-likeness (QED) is 0.637. The molecule has 0 aromatic heterocycles. The van der Waals surface area contributed by atoms with E-state index in [4.69, 9.17) is 40.2 Å². The molecule has 0 saturated carbocycles. The molecular formula is C19H17Cl2N3O2S. The van der Waals surface area contributed by atoms with Crippen LogP contribution in [0, 0.1) is 0 Å². The van der Waals surface area contributed by atoms with Gasteiger partial charge in [-0.15, -0.1) is 0 Å². The Balaban J connectivity index is 1.97. The Morgan fingerprint density at radius 3 is 2.48 bits per heavy atom. The molecule has 0 fully saturated rings. The Kier molecular flexibility index (Phi) is 5.89. The molecule has 2 aromatic carbocycles. The highest BCUT2D eigenvalue weighted by molar-refractivity contribution is 7.80. The highest BCUT2D eigenvalue weighted by Gasteiger charge is 2.30. The summed E-state index contributed by atoms with van der Waals surface area (Å²) in [6, 6.07) is 11.9. The maximum absolute atomic E-state index is 13.1. The summed E-state index contributed by atoms with van der Waals surface area (Å²) >= 11 is 17.3. The van der Waals surface area contributed by atoms with Gasteiger partial charge in [-0.2, -0.15) is 0 Å². The van der Waals surface area contributed by atoms with Crippen molar-refractivity contribution in [1.82, 2.24) is 10.6 Å². The van der Waals surface area contributed by atoms with E-state index in [1.807, 2.05) is 12.1 Å². The van der Waals surface area contributed by atoms with Crippen molar-refractivity contribution in [2.75, 3.05) is 12.4 Å². The topological polar surface area (TPSA) is 62.4 Å². The summed E-state index contributed by atoms with van der Waals surface area (Å²) in [5.74, 6) is 0.219. The lowest BCUT2D eigenvalue weighted by atomic mass is 9.95. The second kappa shape index (κ2) is 8.17. The zero-order valence-corrected chi connectivity index (χ0v) is 16.9. The van der Waals surface area contributed by atoms with Crippen LogP contribution in [0.15, 0.2) is 53.7 Å². The molecule has 0 aliphatic carbocycles. The normalized spacial score (nSPS) is 16.4. The fourth-order valence-corrected chi connectivity index (χ4v) is 3.44. The summed E-state index contributed by atoms with van der Waals surface area (Å²) < 4.78 is 5.30. The molecule has 3 N–H and O–H groups in total. The summed E-state index contributed by atoms with van der Waals surface area (Å²) in [6.07, 6.45) is 0. The number of benzene rings is 2. The van der Waals surface area contributed by atoms with Gasteiger partial charge in [0, 0.05) is 15.7 Å². The second-order valence-electron chi connectivity index (χ2n) is 5.92. The number of carbonyl (C=O) groups is 1. The van der Waals surface area contributed by atoms with Gasteiger partial charge in [-0.3, -0.25) is 4.79 Å². The van der Waals surface area contributed by atoms with Crippen molar-refractivity contribution < 1.29 is 9.53 Å². The van der Waals surface area contributed by atoms with E-state index in [-0.39, 0.29) is 5.91 Å². The van der Waals surface area contributed by atoms with E-state index in [9.17, 15) is 4.79 Å². The Hall–Kier alpha value is -2.28. The van der Waals surface area contributed by atoms with E-state index < -0.39 is 6.04 Å². The Bertz CT molecular complexity index is 929. The summed E-state index contributed by atoms with van der Waals surface area (Å²) in [6.45, 7) is 1.81. The van der Waals surface area contributed by atoms with Crippen LogP contribution in [0.3, 0.4) is 0 Å². The van der Waals surface area contributed by atoms with Crippen LogP contribution in [0.5, 0.6) is 5.75 Å². The minimum atomic E-state index is -0.416. The van der Waals surface area contributed by atoms with Crippen molar-refractivity contribution in [1.29, 1.82) is 0 Å². The van der Waals surface area contributed by atoms with Gasteiger partial charge in [0.25, 0.3) is 5.91 Å². The zero-order valence-electron chi connectivity index (χ0n) is 14.6. The lowest BCUT2D eigenvalue weighted by Crippen LogP contribution is -2.45. The number of anilines is 1. The number of allylic oxidation sites excluding steroid dienone is 1. The predicted octanol–water partition coefficient (Wildman–Crippen LogP) is 4.43. The first-order chi connectivity index (χ1) is 12.9. The van der Waals surface area contributed by atoms with Gasteiger partial charge in [-0.05, 0) is 55.0 Å². The lowest BCUT2D eigenvalue weighted by Gasteiger charge is -2.30. The second-order valence-corrected chi connectivity index (χ2v) is 7.20. The van der Waals surface area contributed by atoms with E-state index in [1.165, 1.54) is 7.11 Å². The molecule has 8 heteroatoms. The van der Waals surface area contributed by atoms with Crippen LogP contribution >= 0.6 is 35.4 Å². The highest BCUT2D eigenvalue weighted by Crippen LogP contribution is 2.32. The van der Waals surface area contributed by atoms with Gasteiger partial charge in [0.2, 0.25) is 0 Å². The number of nitrogens with one attached hydrogen (secondary N) is 3. The highest BCUT2D eigenvalue weighted by atomic mass is 35.5. The number of rotatable bonds is 4. The van der Waals surface area contributed by atoms with E-state index in [1.54, 1.807) is 37.3 Å². The number of thiocarbonyl (C=S) groups is 1. The van der Waals surface area contributed by atoms with Crippen LogP contribution in [-0.2, 0) is 4.79 Å². The first-order valence-corrected chi connectivity index (χ1v) is 9.24. The third kappa shape index (κ3) is 4.35. The van der Waals surface area contributed by atoms with E-state index in [2.05, 4.69) is 16.0 Å². The SMILES string of the molecule is COc1ccc(Cl)cc1NC(=O)C1=C(C)NC(=S)N[C@H]1c1ccc(Cl)cc1. The van der Waals surface area contributed by atoms with Gasteiger partial charge < -0.3 is 20.7 Å². The molecule has 140 valence electrons. The lowest BCUT2D eigenvalue weighted by molar-refractivity contribution is -0.113. The van der Waals surface area contributed by atoms with Crippen LogP contribution in [-0.4, -0.2) is 18.1 Å². The van der Waals surface area contributed by atoms with Gasteiger partial charge in [0.15, 0.2) is 5.11 Å². The summed E-state index contributed by atoms with van der Waals surface area (Å²) in [7, 11) is 1.53. The van der Waals surface area contributed by atoms with Crippen molar-refractivity contribution in [3.05, 3.63) is 69.3 Å². The Morgan fingerprint density at radius 1 is 1.15 bits per heavy atom. The maximum Gasteiger partial charge on any atom is 0.255 e. The average molecular weight is 422 g/mol. The first kappa shape index (κ1) is 19.5. The van der Waals surface area contributed by atoms with Gasteiger partial charge >= 0.3 is 0 Å². The molecule has 0 spiro atoms. The molecule has 0 bridgehead atoms. The van der Waals surface area contributed by atoms with E-state index >= 15 is 0 Å². The van der Waals surface area contributed by atoms with Crippen molar-refractivity contribution in [2.24, 2.45) is 0 Å². The van der Waals surface area contributed by atoms with Crippen LogP contribution < -0.4 is 20.7 Å². The maximum atomic E-state index is 13.1. The Morgan fingerprint density at radius 2 is 1.81 bits per heavy atom. The molecule has 27 heavy (non-hydrogen) atoms. The van der Waals surface area contributed by atoms with Gasteiger partial charge in [-0.1, -0.05) is 35.3 Å². The van der Waals surface area contributed by atoms with Crippen molar-refractivity contribution in [3.8, 4) is 5.75 Å². The Labute approximate surface area is 172 Å². The molecule has 2 aromatic rings. The number of carbonyl (C=O) groups excluding carboxylic acids is 1. The van der Waals surface area contributed by atoms with Crippen LogP contribution in [0.2, 0.25) is 10.0 Å². The molecular weight excluding hydrogens is 405 g/mol. The van der Waals surface area contributed by atoms with Gasteiger partial charge in [-0.25, -0.2) is 0 Å². The number of methoxy groups -OCH3 is 1. The number of halogens is 2. The average Bonchev–Trinajstić information content (AvgIpc) is 2.61. The number of amides is 1. The molecule has 0 radical (unpaired) electrons. The molecule has 1 atom stereocenters. The molecule has 5 nitrogen and oxygen atoms in total. The third-order valence-corrected chi connectivity index (χ3v) is 4.83. The monoisotopic (exact) mass is 421 g/mol. The zero-order chi connectivity index (χ0) is 19.6. The van der Waals surface area contributed by atoms with Crippen LogP contribution in [0.25, 0.3) is 0 Å². The number of hydrogen-bond acceptors (Lipinski definition) is 3. The van der Waals surface area contributed by atoms with Gasteiger partial charge in [0.05, 0.1) is 24.4 Å². The summed E-state index contributed by atoms with van der Waals surface area (Å²) in [5.41, 5.74) is 2.52. The molecule has 1 aliphatic heterocycles. The van der Waals surface area contributed by atoms with Crippen LogP contribution in [0.1, 0.15) is 18.5 Å². The predicted molar refractivity (Wildman–Crippen MR) is 112 cm³/mol. The smallest absolute Gasteiger partial charge is 0.255 e. The van der Waals surface area contributed by atoms with Crippen molar-refractivity contribution >= 4 is 52.1 Å². The molecule has 1 amide bonds. The molecule has 0 unspecified atom stereocenters. The third-order valence-electron chi connectivity index (χ3n) is 4.13. The standard InChI is InChI=1S/C19H17Cl2N3O2S/c1-10-16(18(25)23-14-9-13(21)7-8-15(14)26-2)17(24-19(27)22-10)11-3-5-12(20)6-4-11/h3-9,17H,1-2H3,(H,23,25)(H2,22,24,27)/t17-/m0/s1. The molecule has 0 saturated heterocycles. The van der Waals surface area contributed by atoms with Crippen molar-refractivity contribution in [2.45, 2.75) is 13.0 Å². The first-order valence-electron chi connectivity index (χ1n) is 8.07. The van der Waals surface area contributed by atoms with E-state index in [0.717, 1.165) is 5.56 Å². The largest absolute Gasteiger partial charge is 0.495 e. The summed E-state index contributed by atoms with van der Waals surface area (Å²) in [4.78, 5) is 13.1. The fraction of sp³-hybridized carbons (Fsp3) is 0.158. The van der Waals surface area contributed by atoms with E-state index in [0.29, 0.717) is 37.9 Å². The molecule has 1 aliphatic rings. The minimum Gasteiger partial charge on any atom is -0.495 e.